The largest absolute Gasteiger partial charge is 0.462 e. The number of hydrogen-bond donors (Lipinski definition) is 0. The molecule has 0 aromatic rings. The summed E-state index contributed by atoms with van der Waals surface area (Å²) in [7, 11) is 0. The molecule has 362 valence electrons. The van der Waals surface area contributed by atoms with Crippen molar-refractivity contribution in [3.63, 3.8) is 0 Å². The van der Waals surface area contributed by atoms with E-state index in [2.05, 4.69) is 93.7 Å². The van der Waals surface area contributed by atoms with Crippen LogP contribution in [0.25, 0.3) is 0 Å². The van der Waals surface area contributed by atoms with E-state index in [0.29, 0.717) is 19.3 Å². The van der Waals surface area contributed by atoms with Gasteiger partial charge in [0.1, 0.15) is 13.2 Å². The van der Waals surface area contributed by atoms with Gasteiger partial charge in [-0.2, -0.15) is 0 Å². The normalized spacial score (nSPS) is 12.6. The third-order valence-electron chi connectivity index (χ3n) is 11.2. The third kappa shape index (κ3) is 49.7. The summed E-state index contributed by atoms with van der Waals surface area (Å²) < 4.78 is 16.8. The average molecular weight is 879 g/mol. The first-order valence-electron chi connectivity index (χ1n) is 26.5. The average Bonchev–Trinajstić information content (AvgIpc) is 3.28. The summed E-state index contributed by atoms with van der Waals surface area (Å²) in [4.78, 5) is 38.0. The number of allylic oxidation sites excluding steroid dienone is 12. The van der Waals surface area contributed by atoms with Gasteiger partial charge in [-0.25, -0.2) is 0 Å². The van der Waals surface area contributed by atoms with Crippen LogP contribution in [-0.2, 0) is 28.6 Å². The highest BCUT2D eigenvalue weighted by molar-refractivity contribution is 5.71. The van der Waals surface area contributed by atoms with Crippen LogP contribution in [0.2, 0.25) is 0 Å². The lowest BCUT2D eigenvalue weighted by Crippen LogP contribution is -2.30. The van der Waals surface area contributed by atoms with Crippen molar-refractivity contribution in [1.82, 2.24) is 0 Å². The molecule has 1 unspecified atom stereocenters. The zero-order valence-electron chi connectivity index (χ0n) is 41.3. The Morgan fingerprint density at radius 1 is 0.349 bits per heavy atom. The van der Waals surface area contributed by atoms with Gasteiger partial charge in [0.2, 0.25) is 0 Å². The highest BCUT2D eigenvalue weighted by Crippen LogP contribution is 2.14. The molecule has 0 aromatic carbocycles. The fraction of sp³-hybridized carbons (Fsp3) is 0.737. The van der Waals surface area contributed by atoms with E-state index in [4.69, 9.17) is 14.2 Å². The number of rotatable bonds is 47. The van der Waals surface area contributed by atoms with Crippen LogP contribution >= 0.6 is 0 Å². The molecular formula is C57H98O6. The summed E-state index contributed by atoms with van der Waals surface area (Å²) >= 11 is 0. The van der Waals surface area contributed by atoms with Crippen LogP contribution in [0, 0.1) is 0 Å². The van der Waals surface area contributed by atoms with E-state index in [-0.39, 0.29) is 31.1 Å². The smallest absolute Gasteiger partial charge is 0.306 e. The van der Waals surface area contributed by atoms with Crippen LogP contribution in [0.3, 0.4) is 0 Å². The lowest BCUT2D eigenvalue weighted by molar-refractivity contribution is -0.167. The molecule has 0 bridgehead atoms. The summed E-state index contributed by atoms with van der Waals surface area (Å²) in [6, 6.07) is 0. The second-order valence-electron chi connectivity index (χ2n) is 17.4. The van der Waals surface area contributed by atoms with Gasteiger partial charge in [-0.05, 0) is 96.3 Å². The van der Waals surface area contributed by atoms with Crippen LogP contribution < -0.4 is 0 Å². The van der Waals surface area contributed by atoms with Crippen LogP contribution in [0.5, 0.6) is 0 Å². The van der Waals surface area contributed by atoms with Crippen molar-refractivity contribution >= 4 is 17.9 Å². The number of ether oxygens (including phenoxy) is 3. The molecule has 0 spiro atoms. The van der Waals surface area contributed by atoms with E-state index >= 15 is 0 Å². The Labute approximate surface area is 389 Å². The minimum atomic E-state index is -0.791. The van der Waals surface area contributed by atoms with Gasteiger partial charge in [-0.3, -0.25) is 14.4 Å². The standard InChI is InChI=1S/C57H98O6/c1-4-7-10-13-16-19-22-24-26-28-29-31-32-35-38-41-44-47-50-56(59)62-53-54(52-61-55(58)49-46-43-40-37-34-21-18-15-12-9-6-3)63-57(60)51-48-45-42-39-36-33-30-27-25-23-20-17-14-11-8-5-2/h8,11,15,17-18,20,25-29,31,54H,4-7,9-10,12-14,16,19,21-24,30,32-53H2,1-3H3/b11-8-,18-15-,20-17-,27-25-,28-26-,31-29-. The molecule has 0 amide bonds. The molecule has 6 nitrogen and oxygen atoms in total. The van der Waals surface area contributed by atoms with Crippen molar-refractivity contribution in [1.29, 1.82) is 0 Å². The van der Waals surface area contributed by atoms with Gasteiger partial charge >= 0.3 is 17.9 Å². The molecule has 0 radical (unpaired) electrons. The van der Waals surface area contributed by atoms with Crippen molar-refractivity contribution < 1.29 is 28.6 Å². The highest BCUT2D eigenvalue weighted by Gasteiger charge is 2.19. The maximum Gasteiger partial charge on any atom is 0.306 e. The Kier molecular flexibility index (Phi) is 48.9. The van der Waals surface area contributed by atoms with Crippen LogP contribution in [0.1, 0.15) is 252 Å². The maximum atomic E-state index is 12.8. The fourth-order valence-electron chi connectivity index (χ4n) is 7.19. The van der Waals surface area contributed by atoms with Gasteiger partial charge in [-0.1, -0.05) is 209 Å². The molecule has 0 heterocycles. The summed E-state index contributed by atoms with van der Waals surface area (Å²) in [5.74, 6) is -0.926. The van der Waals surface area contributed by atoms with Crippen molar-refractivity contribution in [3.05, 3.63) is 72.9 Å². The molecule has 0 saturated carbocycles. The third-order valence-corrected chi connectivity index (χ3v) is 11.2. The molecule has 0 rings (SSSR count). The van der Waals surface area contributed by atoms with Gasteiger partial charge in [-0.15, -0.1) is 0 Å². The summed E-state index contributed by atoms with van der Waals surface area (Å²) in [5.41, 5.74) is 0. The van der Waals surface area contributed by atoms with Crippen LogP contribution in [0.4, 0.5) is 0 Å². The Balaban J connectivity index is 4.41. The molecule has 0 aliphatic heterocycles. The molecule has 0 saturated heterocycles. The van der Waals surface area contributed by atoms with E-state index in [1.807, 2.05) is 0 Å². The minimum Gasteiger partial charge on any atom is -0.462 e. The number of hydrogen-bond acceptors (Lipinski definition) is 6. The molecule has 1 atom stereocenters. The minimum absolute atomic E-state index is 0.0906. The zero-order chi connectivity index (χ0) is 45.8. The number of esters is 3. The number of carbonyl (C=O) groups excluding carboxylic acids is 3. The second-order valence-corrected chi connectivity index (χ2v) is 17.4. The SMILES string of the molecule is CC/C=C\C/C=C\C/C=C\CCCCCCCCC(=O)OC(COC(=O)CCCCCCC/C=C\C=C/CCCCCCCCC)COC(=O)CCCCCCC/C=C\CCCC. The van der Waals surface area contributed by atoms with Gasteiger partial charge in [0, 0.05) is 19.3 Å². The second kappa shape index (κ2) is 51.5. The Morgan fingerprint density at radius 3 is 1.13 bits per heavy atom. The van der Waals surface area contributed by atoms with E-state index in [0.717, 1.165) is 116 Å². The molecule has 0 aliphatic rings. The van der Waals surface area contributed by atoms with E-state index < -0.39 is 6.10 Å². The molecular weight excluding hydrogens is 781 g/mol. The van der Waals surface area contributed by atoms with Gasteiger partial charge in [0.25, 0.3) is 0 Å². The van der Waals surface area contributed by atoms with Crippen molar-refractivity contribution in [2.75, 3.05) is 13.2 Å². The zero-order valence-corrected chi connectivity index (χ0v) is 41.3. The molecule has 63 heavy (non-hydrogen) atoms. The van der Waals surface area contributed by atoms with Crippen LogP contribution in [0.15, 0.2) is 72.9 Å². The Morgan fingerprint density at radius 2 is 0.683 bits per heavy atom. The molecule has 0 N–H and O–H groups in total. The maximum absolute atomic E-state index is 12.8. The first-order chi connectivity index (χ1) is 31.0. The Hall–Kier alpha value is -3.15. The van der Waals surface area contributed by atoms with Crippen molar-refractivity contribution in [3.8, 4) is 0 Å². The predicted molar refractivity (Wildman–Crippen MR) is 270 cm³/mol. The van der Waals surface area contributed by atoms with Gasteiger partial charge < -0.3 is 14.2 Å². The lowest BCUT2D eigenvalue weighted by atomic mass is 10.1. The monoisotopic (exact) mass is 879 g/mol. The summed E-state index contributed by atoms with van der Waals surface area (Å²) in [5, 5.41) is 0. The first-order valence-corrected chi connectivity index (χ1v) is 26.5. The molecule has 0 fully saturated rings. The number of carbonyl (C=O) groups is 3. The van der Waals surface area contributed by atoms with E-state index in [9.17, 15) is 14.4 Å². The van der Waals surface area contributed by atoms with E-state index in [1.165, 1.54) is 96.3 Å². The fourth-order valence-corrected chi connectivity index (χ4v) is 7.19. The quantitative estimate of drug-likeness (QED) is 0.0199. The first kappa shape index (κ1) is 59.9. The molecule has 0 aromatic heterocycles. The van der Waals surface area contributed by atoms with Crippen molar-refractivity contribution in [2.45, 2.75) is 258 Å². The predicted octanol–water partition coefficient (Wildman–Crippen LogP) is 17.4. The summed E-state index contributed by atoms with van der Waals surface area (Å²) in [6.45, 7) is 6.46. The number of unbranched alkanes of at least 4 members (excludes halogenated alkanes) is 25. The Bertz CT molecular complexity index is 1190. The lowest BCUT2D eigenvalue weighted by Gasteiger charge is -2.18. The van der Waals surface area contributed by atoms with Gasteiger partial charge in [0.15, 0.2) is 6.10 Å². The van der Waals surface area contributed by atoms with Crippen LogP contribution in [-0.4, -0.2) is 37.2 Å². The van der Waals surface area contributed by atoms with Gasteiger partial charge in [0.05, 0.1) is 0 Å². The molecule has 6 heteroatoms. The summed E-state index contributed by atoms with van der Waals surface area (Å²) in [6.07, 6.45) is 64.6. The van der Waals surface area contributed by atoms with Crippen molar-refractivity contribution in [2.24, 2.45) is 0 Å². The topological polar surface area (TPSA) is 78.9 Å². The van der Waals surface area contributed by atoms with E-state index in [1.54, 1.807) is 0 Å². The highest BCUT2D eigenvalue weighted by atomic mass is 16.6. The molecule has 0 aliphatic carbocycles.